The van der Waals surface area contributed by atoms with E-state index in [0.717, 1.165) is 5.56 Å². The first-order valence-electron chi connectivity index (χ1n) is 7.68. The summed E-state index contributed by atoms with van der Waals surface area (Å²) in [5.74, 6) is 0.425. The van der Waals surface area contributed by atoms with E-state index >= 15 is 0 Å². The minimum atomic E-state index is -0.255. The first kappa shape index (κ1) is 15.2. The molecule has 3 rings (SSSR count). The van der Waals surface area contributed by atoms with Crippen LogP contribution in [0.5, 0.6) is 0 Å². The Bertz CT molecular complexity index is 698. The van der Waals surface area contributed by atoms with Gasteiger partial charge in [0.1, 0.15) is 0 Å². The highest BCUT2D eigenvalue weighted by atomic mass is 16.2. The lowest BCUT2D eigenvalue weighted by Crippen LogP contribution is -2.32. The Kier molecular flexibility index (Phi) is 4.36. The van der Waals surface area contributed by atoms with Crippen LogP contribution in [0.1, 0.15) is 18.9 Å². The Labute approximate surface area is 134 Å². The molecule has 1 saturated heterocycles. The first-order chi connectivity index (χ1) is 11.2. The molecule has 0 bridgehead atoms. The summed E-state index contributed by atoms with van der Waals surface area (Å²) in [5, 5.41) is 7.04. The van der Waals surface area contributed by atoms with Gasteiger partial charge in [-0.15, -0.1) is 0 Å². The number of hydrogen-bond donors (Lipinski definition) is 1. The van der Waals surface area contributed by atoms with Crippen LogP contribution in [0.25, 0.3) is 5.82 Å². The van der Waals surface area contributed by atoms with Gasteiger partial charge in [0, 0.05) is 44.6 Å². The molecule has 1 fully saturated rings. The number of carbonyl (C=O) groups is 2. The Morgan fingerprint density at radius 1 is 1.43 bits per heavy atom. The molecule has 23 heavy (non-hydrogen) atoms. The number of hydrogen-bond acceptors (Lipinski definition) is 4. The number of rotatable bonds is 5. The van der Waals surface area contributed by atoms with E-state index in [1.54, 1.807) is 22.0 Å². The maximum absolute atomic E-state index is 12.2. The van der Waals surface area contributed by atoms with E-state index in [4.69, 9.17) is 0 Å². The maximum Gasteiger partial charge on any atom is 0.225 e. The average molecular weight is 313 g/mol. The zero-order chi connectivity index (χ0) is 16.2. The van der Waals surface area contributed by atoms with E-state index in [9.17, 15) is 9.59 Å². The fourth-order valence-corrected chi connectivity index (χ4v) is 2.69. The predicted molar refractivity (Wildman–Crippen MR) is 83.6 cm³/mol. The van der Waals surface area contributed by atoms with E-state index in [-0.39, 0.29) is 17.7 Å². The van der Waals surface area contributed by atoms with E-state index in [1.807, 2.05) is 31.3 Å². The van der Waals surface area contributed by atoms with Gasteiger partial charge in [0.05, 0.1) is 5.92 Å². The summed E-state index contributed by atoms with van der Waals surface area (Å²) in [4.78, 5) is 29.9. The third kappa shape index (κ3) is 3.39. The van der Waals surface area contributed by atoms with Crippen LogP contribution in [0.3, 0.4) is 0 Å². The van der Waals surface area contributed by atoms with Gasteiger partial charge in [0.2, 0.25) is 11.8 Å². The largest absolute Gasteiger partial charge is 0.352 e. The molecule has 120 valence electrons. The average Bonchev–Trinajstić information content (AvgIpc) is 3.22. The van der Waals surface area contributed by atoms with Crippen molar-refractivity contribution < 1.29 is 9.59 Å². The molecule has 0 radical (unpaired) electrons. The van der Waals surface area contributed by atoms with Crippen molar-refractivity contribution in [2.45, 2.75) is 19.9 Å². The van der Waals surface area contributed by atoms with Crippen molar-refractivity contribution in [1.82, 2.24) is 25.0 Å². The van der Waals surface area contributed by atoms with Crippen LogP contribution < -0.4 is 5.32 Å². The van der Waals surface area contributed by atoms with Crippen LogP contribution in [0, 0.1) is 5.92 Å². The Hall–Kier alpha value is -2.70. The van der Waals surface area contributed by atoms with Crippen molar-refractivity contribution in [3.8, 4) is 5.82 Å². The minimum Gasteiger partial charge on any atom is -0.352 e. The topological polar surface area (TPSA) is 80.1 Å². The van der Waals surface area contributed by atoms with Crippen LogP contribution in [-0.2, 0) is 16.1 Å². The van der Waals surface area contributed by atoms with E-state index in [2.05, 4.69) is 15.4 Å². The van der Waals surface area contributed by atoms with Crippen molar-refractivity contribution in [3.63, 3.8) is 0 Å². The first-order valence-corrected chi connectivity index (χ1v) is 7.68. The molecular weight excluding hydrogens is 294 g/mol. The summed E-state index contributed by atoms with van der Waals surface area (Å²) in [6.45, 7) is 3.49. The number of nitrogens with zero attached hydrogens (tertiary/aromatic N) is 4. The van der Waals surface area contributed by atoms with Gasteiger partial charge in [-0.2, -0.15) is 5.10 Å². The van der Waals surface area contributed by atoms with Gasteiger partial charge in [-0.25, -0.2) is 9.67 Å². The zero-order valence-electron chi connectivity index (χ0n) is 13.0. The standard InChI is InChI=1S/C16H19N5O2/c1-2-20-11-13(9-15(20)22)16(23)18-10-12-4-6-17-14(8-12)21-7-3-5-19-21/h3-8,13H,2,9-11H2,1H3,(H,18,23)/t13-/m1/s1. The van der Waals surface area contributed by atoms with Crippen LogP contribution in [-0.4, -0.2) is 44.6 Å². The quantitative estimate of drug-likeness (QED) is 0.883. The third-order valence-electron chi connectivity index (χ3n) is 3.98. The van der Waals surface area contributed by atoms with Crippen molar-refractivity contribution in [3.05, 3.63) is 42.4 Å². The van der Waals surface area contributed by atoms with E-state index in [0.29, 0.717) is 31.9 Å². The number of pyridine rings is 1. The number of carbonyl (C=O) groups excluding carboxylic acids is 2. The molecule has 2 aromatic heterocycles. The Balaban J connectivity index is 1.59. The summed E-state index contributed by atoms with van der Waals surface area (Å²) in [5.41, 5.74) is 0.940. The van der Waals surface area contributed by atoms with Gasteiger partial charge in [-0.1, -0.05) is 0 Å². The lowest BCUT2D eigenvalue weighted by atomic mass is 10.1. The fourth-order valence-electron chi connectivity index (χ4n) is 2.69. The smallest absolute Gasteiger partial charge is 0.225 e. The molecule has 2 aromatic rings. The van der Waals surface area contributed by atoms with Crippen molar-refractivity contribution in [1.29, 1.82) is 0 Å². The summed E-state index contributed by atoms with van der Waals surface area (Å²) in [7, 11) is 0. The summed E-state index contributed by atoms with van der Waals surface area (Å²) in [6.07, 6.45) is 5.49. The van der Waals surface area contributed by atoms with E-state index < -0.39 is 0 Å². The molecule has 1 atom stereocenters. The normalized spacial score (nSPS) is 17.5. The predicted octanol–water partition coefficient (Wildman–Crippen LogP) is 0.752. The van der Waals surface area contributed by atoms with Gasteiger partial charge in [0.15, 0.2) is 5.82 Å². The summed E-state index contributed by atoms with van der Waals surface area (Å²) in [6, 6.07) is 5.56. The molecule has 7 nitrogen and oxygen atoms in total. The molecule has 2 amide bonds. The van der Waals surface area contributed by atoms with Gasteiger partial charge in [-0.05, 0) is 30.7 Å². The molecule has 0 spiro atoms. The van der Waals surface area contributed by atoms with Crippen LogP contribution >= 0.6 is 0 Å². The fraction of sp³-hybridized carbons (Fsp3) is 0.375. The van der Waals surface area contributed by atoms with Gasteiger partial charge < -0.3 is 10.2 Å². The second-order valence-corrected chi connectivity index (χ2v) is 5.52. The highest BCUT2D eigenvalue weighted by Gasteiger charge is 2.33. The molecule has 0 unspecified atom stereocenters. The second kappa shape index (κ2) is 6.60. The van der Waals surface area contributed by atoms with Gasteiger partial charge in [0.25, 0.3) is 0 Å². The highest BCUT2D eigenvalue weighted by molar-refractivity contribution is 5.89. The summed E-state index contributed by atoms with van der Waals surface area (Å²) < 4.78 is 1.67. The number of likely N-dealkylation sites (tertiary alicyclic amines) is 1. The molecule has 0 aromatic carbocycles. The number of nitrogens with one attached hydrogen (secondary N) is 1. The van der Waals surface area contributed by atoms with Crippen LogP contribution in [0.2, 0.25) is 0 Å². The monoisotopic (exact) mass is 313 g/mol. The zero-order valence-corrected chi connectivity index (χ0v) is 13.0. The molecule has 1 aliphatic heterocycles. The number of amides is 2. The summed E-state index contributed by atoms with van der Waals surface area (Å²) >= 11 is 0. The molecule has 1 aliphatic rings. The van der Waals surface area contributed by atoms with Gasteiger partial charge >= 0.3 is 0 Å². The third-order valence-corrected chi connectivity index (χ3v) is 3.98. The van der Waals surface area contributed by atoms with Crippen molar-refractivity contribution in [2.75, 3.05) is 13.1 Å². The SMILES string of the molecule is CCN1C[C@H](C(=O)NCc2ccnc(-n3cccn3)c2)CC1=O. The van der Waals surface area contributed by atoms with Crippen LogP contribution in [0.4, 0.5) is 0 Å². The molecule has 0 saturated carbocycles. The minimum absolute atomic E-state index is 0.0533. The van der Waals surface area contributed by atoms with Crippen molar-refractivity contribution >= 4 is 11.8 Å². The van der Waals surface area contributed by atoms with Gasteiger partial charge in [-0.3, -0.25) is 9.59 Å². The lowest BCUT2D eigenvalue weighted by Gasteiger charge is -2.13. The molecule has 3 heterocycles. The number of aromatic nitrogens is 3. The van der Waals surface area contributed by atoms with Crippen LogP contribution in [0.15, 0.2) is 36.8 Å². The maximum atomic E-state index is 12.2. The molecule has 1 N–H and O–H groups in total. The highest BCUT2D eigenvalue weighted by Crippen LogP contribution is 2.17. The Morgan fingerprint density at radius 2 is 2.30 bits per heavy atom. The molecule has 7 heteroatoms. The molecular formula is C16H19N5O2. The van der Waals surface area contributed by atoms with Crippen molar-refractivity contribution in [2.24, 2.45) is 5.92 Å². The lowest BCUT2D eigenvalue weighted by molar-refractivity contribution is -0.128. The molecule has 0 aliphatic carbocycles. The van der Waals surface area contributed by atoms with E-state index in [1.165, 1.54) is 0 Å². The Morgan fingerprint density at radius 3 is 3.00 bits per heavy atom. The second-order valence-electron chi connectivity index (χ2n) is 5.52.